The van der Waals surface area contributed by atoms with E-state index in [4.69, 9.17) is 0 Å². The van der Waals surface area contributed by atoms with Gasteiger partial charge in [-0.25, -0.2) is 0 Å². The lowest BCUT2D eigenvalue weighted by atomic mass is 9.84. The van der Waals surface area contributed by atoms with Crippen molar-refractivity contribution >= 4 is 17.7 Å². The molecule has 0 aromatic heterocycles. The second-order valence-electron chi connectivity index (χ2n) is 6.82. The molecule has 0 aliphatic heterocycles. The zero-order valence-corrected chi connectivity index (χ0v) is 13.3. The van der Waals surface area contributed by atoms with Gasteiger partial charge in [0.25, 0.3) is 5.69 Å². The van der Waals surface area contributed by atoms with E-state index in [0.717, 1.165) is 11.8 Å². The van der Waals surface area contributed by atoms with Gasteiger partial charge in [0.15, 0.2) is 0 Å². The molecular weight excluding hydrogens is 292 g/mol. The Morgan fingerprint density at radius 1 is 1.39 bits per heavy atom. The fraction of sp³-hybridized carbons (Fsp3) is 0.500. The van der Waals surface area contributed by atoms with Crippen molar-refractivity contribution in [1.82, 2.24) is 5.32 Å². The summed E-state index contributed by atoms with van der Waals surface area (Å²) < 4.78 is 0. The number of amides is 1. The molecule has 0 saturated heterocycles. The number of nitrogens with zero attached hydrogens (tertiary/aromatic N) is 1. The van der Waals surface area contributed by atoms with Gasteiger partial charge in [0, 0.05) is 24.3 Å². The summed E-state index contributed by atoms with van der Waals surface area (Å²) >= 11 is 0. The molecule has 1 aromatic rings. The number of rotatable bonds is 5. The number of benzene rings is 1. The standard InChI is InChI=1S/C18H22N2O3/c1-12(17-11-14-5-7-15(17)9-14)19-18(21)8-6-13-3-2-4-16(10-13)20(22)23/h2-4,6,8,10,12,14-15,17H,5,7,9,11H2,1H3,(H,19,21)/b8-6+. The van der Waals surface area contributed by atoms with Crippen LogP contribution in [0.2, 0.25) is 0 Å². The lowest BCUT2D eigenvalue weighted by molar-refractivity contribution is -0.384. The number of non-ortho nitro benzene ring substituents is 1. The van der Waals surface area contributed by atoms with Crippen LogP contribution in [0.3, 0.4) is 0 Å². The quantitative estimate of drug-likeness (QED) is 0.513. The molecule has 1 aromatic carbocycles. The van der Waals surface area contributed by atoms with Crippen LogP contribution in [0.4, 0.5) is 5.69 Å². The van der Waals surface area contributed by atoms with Crippen LogP contribution in [0.25, 0.3) is 6.08 Å². The zero-order chi connectivity index (χ0) is 16.4. The molecule has 122 valence electrons. The first kappa shape index (κ1) is 15.7. The number of nitro groups is 1. The molecule has 2 aliphatic carbocycles. The summed E-state index contributed by atoms with van der Waals surface area (Å²) in [6.07, 6.45) is 8.31. The molecule has 5 nitrogen and oxygen atoms in total. The highest BCUT2D eigenvalue weighted by atomic mass is 16.6. The van der Waals surface area contributed by atoms with Gasteiger partial charge in [0.2, 0.25) is 5.91 Å². The van der Waals surface area contributed by atoms with Gasteiger partial charge >= 0.3 is 0 Å². The van der Waals surface area contributed by atoms with Gasteiger partial charge in [-0.15, -0.1) is 0 Å². The number of nitro benzene ring substituents is 1. The maximum atomic E-state index is 12.1. The Labute approximate surface area is 135 Å². The second-order valence-corrected chi connectivity index (χ2v) is 6.82. The number of carbonyl (C=O) groups excluding carboxylic acids is 1. The van der Waals surface area contributed by atoms with Gasteiger partial charge in [-0.05, 0) is 55.6 Å². The molecule has 0 radical (unpaired) electrons. The molecule has 0 heterocycles. The zero-order valence-electron chi connectivity index (χ0n) is 13.3. The third kappa shape index (κ3) is 3.60. The highest BCUT2D eigenvalue weighted by Crippen LogP contribution is 2.49. The molecule has 2 bridgehead atoms. The molecule has 1 amide bonds. The second kappa shape index (κ2) is 6.52. The van der Waals surface area contributed by atoms with Crippen LogP contribution < -0.4 is 5.32 Å². The molecule has 2 aliphatic rings. The third-order valence-electron chi connectivity index (χ3n) is 5.31. The molecule has 5 heteroatoms. The van der Waals surface area contributed by atoms with Crippen molar-refractivity contribution < 1.29 is 9.72 Å². The van der Waals surface area contributed by atoms with E-state index in [0.29, 0.717) is 11.5 Å². The van der Waals surface area contributed by atoms with Crippen LogP contribution in [0, 0.1) is 27.9 Å². The fourth-order valence-corrected chi connectivity index (χ4v) is 4.20. The Kier molecular flexibility index (Phi) is 4.46. The average Bonchev–Trinajstić information content (AvgIpc) is 3.16. The van der Waals surface area contributed by atoms with E-state index in [2.05, 4.69) is 12.2 Å². The van der Waals surface area contributed by atoms with Crippen molar-refractivity contribution in [3.8, 4) is 0 Å². The van der Waals surface area contributed by atoms with E-state index in [1.54, 1.807) is 18.2 Å². The Balaban J connectivity index is 1.56. The lowest BCUT2D eigenvalue weighted by Gasteiger charge is -2.28. The van der Waals surface area contributed by atoms with Crippen LogP contribution in [-0.4, -0.2) is 16.9 Å². The maximum Gasteiger partial charge on any atom is 0.270 e. The smallest absolute Gasteiger partial charge is 0.270 e. The van der Waals surface area contributed by atoms with Gasteiger partial charge < -0.3 is 5.32 Å². The predicted octanol–water partition coefficient (Wildman–Crippen LogP) is 3.55. The van der Waals surface area contributed by atoms with Crippen molar-refractivity contribution in [2.75, 3.05) is 0 Å². The molecule has 1 N–H and O–H groups in total. The average molecular weight is 314 g/mol. The Hall–Kier alpha value is -2.17. The van der Waals surface area contributed by atoms with Crippen molar-refractivity contribution in [3.05, 3.63) is 46.0 Å². The number of hydrogen-bond acceptors (Lipinski definition) is 3. The van der Waals surface area contributed by atoms with Crippen LogP contribution >= 0.6 is 0 Å². The molecule has 3 rings (SSSR count). The molecule has 0 spiro atoms. The summed E-state index contributed by atoms with van der Waals surface area (Å²) in [5, 5.41) is 13.8. The van der Waals surface area contributed by atoms with E-state index in [-0.39, 0.29) is 17.6 Å². The predicted molar refractivity (Wildman–Crippen MR) is 88.7 cm³/mol. The summed E-state index contributed by atoms with van der Waals surface area (Å²) in [6.45, 7) is 2.09. The molecule has 23 heavy (non-hydrogen) atoms. The summed E-state index contributed by atoms with van der Waals surface area (Å²) in [5.41, 5.74) is 0.685. The van der Waals surface area contributed by atoms with Crippen molar-refractivity contribution in [2.24, 2.45) is 17.8 Å². The largest absolute Gasteiger partial charge is 0.350 e. The first-order valence-corrected chi connectivity index (χ1v) is 8.26. The van der Waals surface area contributed by atoms with Gasteiger partial charge in [0.05, 0.1) is 4.92 Å². The van der Waals surface area contributed by atoms with E-state index in [1.807, 2.05) is 0 Å². The van der Waals surface area contributed by atoms with Crippen LogP contribution in [-0.2, 0) is 4.79 Å². The van der Waals surface area contributed by atoms with Crippen molar-refractivity contribution in [2.45, 2.75) is 38.6 Å². The first-order chi connectivity index (χ1) is 11.0. The minimum Gasteiger partial charge on any atom is -0.350 e. The Morgan fingerprint density at radius 2 is 2.22 bits per heavy atom. The van der Waals surface area contributed by atoms with Crippen LogP contribution in [0.5, 0.6) is 0 Å². The molecular formula is C18H22N2O3. The molecule has 4 unspecified atom stereocenters. The van der Waals surface area contributed by atoms with Gasteiger partial charge in [-0.3, -0.25) is 14.9 Å². The number of carbonyl (C=O) groups is 1. The van der Waals surface area contributed by atoms with Crippen LogP contribution in [0.1, 0.15) is 38.2 Å². The molecule has 2 saturated carbocycles. The van der Waals surface area contributed by atoms with Crippen molar-refractivity contribution in [3.63, 3.8) is 0 Å². The topological polar surface area (TPSA) is 72.2 Å². The summed E-state index contributed by atoms with van der Waals surface area (Å²) in [6, 6.07) is 6.45. The van der Waals surface area contributed by atoms with E-state index in [9.17, 15) is 14.9 Å². The summed E-state index contributed by atoms with van der Waals surface area (Å²) in [5.74, 6) is 2.11. The summed E-state index contributed by atoms with van der Waals surface area (Å²) in [4.78, 5) is 22.4. The Morgan fingerprint density at radius 3 is 2.87 bits per heavy atom. The Bertz CT molecular complexity index is 641. The minimum absolute atomic E-state index is 0.0305. The SMILES string of the molecule is CC(NC(=O)/C=C/c1cccc([N+](=O)[O-])c1)C1CC2CCC1C2. The van der Waals surface area contributed by atoms with Gasteiger partial charge in [-0.1, -0.05) is 18.6 Å². The van der Waals surface area contributed by atoms with E-state index >= 15 is 0 Å². The number of fused-ring (bicyclic) bond motifs is 2. The monoisotopic (exact) mass is 314 g/mol. The maximum absolute atomic E-state index is 12.1. The number of nitrogens with one attached hydrogen (secondary N) is 1. The highest BCUT2D eigenvalue weighted by molar-refractivity contribution is 5.92. The van der Waals surface area contributed by atoms with Gasteiger partial charge in [-0.2, -0.15) is 0 Å². The molecule has 2 fully saturated rings. The summed E-state index contributed by atoms with van der Waals surface area (Å²) in [7, 11) is 0. The normalized spacial score (nSPS) is 27.3. The minimum atomic E-state index is -0.436. The van der Waals surface area contributed by atoms with Gasteiger partial charge in [0.1, 0.15) is 0 Å². The third-order valence-corrected chi connectivity index (χ3v) is 5.31. The first-order valence-electron chi connectivity index (χ1n) is 8.26. The molecule has 4 atom stereocenters. The van der Waals surface area contributed by atoms with E-state index in [1.165, 1.54) is 43.9 Å². The number of hydrogen-bond donors (Lipinski definition) is 1. The van der Waals surface area contributed by atoms with E-state index < -0.39 is 4.92 Å². The highest BCUT2D eigenvalue weighted by Gasteiger charge is 2.41. The van der Waals surface area contributed by atoms with Crippen molar-refractivity contribution in [1.29, 1.82) is 0 Å². The lowest BCUT2D eigenvalue weighted by Crippen LogP contribution is -2.39. The fourth-order valence-electron chi connectivity index (χ4n) is 4.20. The van der Waals surface area contributed by atoms with Crippen LogP contribution in [0.15, 0.2) is 30.3 Å².